The first kappa shape index (κ1) is 17.6. The molecule has 2 atom stereocenters. The van der Waals surface area contributed by atoms with Crippen LogP contribution in [0, 0.1) is 11.7 Å². The maximum absolute atomic E-state index is 13.5. The van der Waals surface area contributed by atoms with Crippen LogP contribution < -0.4 is 5.32 Å². The molecule has 120 valence electrons. The summed E-state index contributed by atoms with van der Waals surface area (Å²) in [6, 6.07) is 3.93. The maximum Gasteiger partial charge on any atom is 0.326 e. The SMILES string of the molecule is CCOC(=O)[C@H](C)C[C@H](NC(=O)c1ccccc1F)C(=O)O. The molecule has 0 radical (unpaired) electrons. The van der Waals surface area contributed by atoms with Crippen molar-refractivity contribution in [3.8, 4) is 0 Å². The molecule has 0 saturated heterocycles. The summed E-state index contributed by atoms with van der Waals surface area (Å²) in [5, 5.41) is 11.4. The number of benzene rings is 1. The normalized spacial score (nSPS) is 13.0. The highest BCUT2D eigenvalue weighted by Gasteiger charge is 2.27. The first-order valence-electron chi connectivity index (χ1n) is 6.81. The van der Waals surface area contributed by atoms with Gasteiger partial charge in [0.1, 0.15) is 11.9 Å². The zero-order valence-electron chi connectivity index (χ0n) is 12.3. The second-order valence-corrected chi connectivity index (χ2v) is 4.73. The Labute approximate surface area is 127 Å². The molecule has 0 aromatic heterocycles. The van der Waals surface area contributed by atoms with E-state index in [2.05, 4.69) is 5.32 Å². The van der Waals surface area contributed by atoms with Crippen LogP contribution in [0.4, 0.5) is 4.39 Å². The van der Waals surface area contributed by atoms with Crippen molar-refractivity contribution in [2.45, 2.75) is 26.3 Å². The topological polar surface area (TPSA) is 92.7 Å². The Morgan fingerprint density at radius 1 is 1.32 bits per heavy atom. The number of rotatable bonds is 7. The van der Waals surface area contributed by atoms with Crippen LogP contribution in [-0.4, -0.2) is 35.6 Å². The summed E-state index contributed by atoms with van der Waals surface area (Å²) in [5.41, 5.74) is -0.252. The van der Waals surface area contributed by atoms with E-state index in [-0.39, 0.29) is 18.6 Å². The van der Waals surface area contributed by atoms with E-state index in [1.807, 2.05) is 0 Å². The molecule has 7 heteroatoms. The van der Waals surface area contributed by atoms with Crippen molar-refractivity contribution in [1.29, 1.82) is 0 Å². The van der Waals surface area contributed by atoms with Gasteiger partial charge in [0.15, 0.2) is 0 Å². The molecule has 0 saturated carbocycles. The number of nitrogens with one attached hydrogen (secondary N) is 1. The molecule has 1 amide bonds. The van der Waals surface area contributed by atoms with Crippen LogP contribution >= 0.6 is 0 Å². The molecule has 6 nitrogen and oxygen atoms in total. The summed E-state index contributed by atoms with van der Waals surface area (Å²) < 4.78 is 18.3. The quantitative estimate of drug-likeness (QED) is 0.746. The van der Waals surface area contributed by atoms with E-state index in [9.17, 15) is 18.8 Å². The van der Waals surface area contributed by atoms with E-state index < -0.39 is 35.6 Å². The van der Waals surface area contributed by atoms with Gasteiger partial charge in [-0.2, -0.15) is 0 Å². The minimum absolute atomic E-state index is 0.144. The Hall–Kier alpha value is -2.44. The number of hydrogen-bond acceptors (Lipinski definition) is 4. The van der Waals surface area contributed by atoms with E-state index in [1.54, 1.807) is 6.92 Å². The second-order valence-electron chi connectivity index (χ2n) is 4.73. The molecule has 0 aliphatic rings. The van der Waals surface area contributed by atoms with Crippen molar-refractivity contribution < 1.29 is 28.6 Å². The van der Waals surface area contributed by atoms with Gasteiger partial charge in [-0.3, -0.25) is 9.59 Å². The summed E-state index contributed by atoms with van der Waals surface area (Å²) in [4.78, 5) is 34.7. The van der Waals surface area contributed by atoms with Crippen LogP contribution in [0.3, 0.4) is 0 Å². The molecule has 1 aromatic rings. The van der Waals surface area contributed by atoms with Crippen LogP contribution in [0.15, 0.2) is 24.3 Å². The lowest BCUT2D eigenvalue weighted by Crippen LogP contribution is -2.43. The molecule has 22 heavy (non-hydrogen) atoms. The molecule has 2 N–H and O–H groups in total. The molecule has 0 aliphatic heterocycles. The number of aliphatic carboxylic acids is 1. The zero-order chi connectivity index (χ0) is 16.7. The van der Waals surface area contributed by atoms with Gasteiger partial charge in [0, 0.05) is 0 Å². The van der Waals surface area contributed by atoms with Gasteiger partial charge in [0.25, 0.3) is 5.91 Å². The molecule has 0 bridgehead atoms. The van der Waals surface area contributed by atoms with Crippen molar-refractivity contribution in [2.24, 2.45) is 5.92 Å². The third-order valence-corrected chi connectivity index (χ3v) is 3.00. The third kappa shape index (κ3) is 4.83. The van der Waals surface area contributed by atoms with Gasteiger partial charge in [-0.25, -0.2) is 9.18 Å². The van der Waals surface area contributed by atoms with Crippen molar-refractivity contribution in [2.75, 3.05) is 6.61 Å². The van der Waals surface area contributed by atoms with Gasteiger partial charge >= 0.3 is 11.9 Å². The highest BCUT2D eigenvalue weighted by atomic mass is 19.1. The molecule has 0 fully saturated rings. The first-order valence-corrected chi connectivity index (χ1v) is 6.81. The summed E-state index contributed by atoms with van der Waals surface area (Å²) in [6.07, 6.45) is -0.144. The molecule has 0 aliphatic carbocycles. The molecule has 0 unspecified atom stereocenters. The average Bonchev–Trinajstić information content (AvgIpc) is 2.46. The number of carbonyl (C=O) groups is 3. The zero-order valence-corrected chi connectivity index (χ0v) is 12.3. The summed E-state index contributed by atoms with van der Waals surface area (Å²) in [7, 11) is 0. The van der Waals surface area contributed by atoms with Crippen molar-refractivity contribution in [3.05, 3.63) is 35.6 Å². The predicted octanol–water partition coefficient (Wildman–Crippen LogP) is 1.60. The van der Waals surface area contributed by atoms with Gasteiger partial charge < -0.3 is 15.2 Å². The fraction of sp³-hybridized carbons (Fsp3) is 0.400. The maximum atomic E-state index is 13.5. The smallest absolute Gasteiger partial charge is 0.326 e. The number of hydrogen-bond donors (Lipinski definition) is 2. The van der Waals surface area contributed by atoms with Gasteiger partial charge in [-0.15, -0.1) is 0 Å². The largest absolute Gasteiger partial charge is 0.480 e. The number of carbonyl (C=O) groups excluding carboxylic acids is 2. The van der Waals surface area contributed by atoms with Gasteiger partial charge in [0.05, 0.1) is 18.1 Å². The third-order valence-electron chi connectivity index (χ3n) is 3.00. The van der Waals surface area contributed by atoms with Crippen LogP contribution in [-0.2, 0) is 14.3 Å². The first-order chi connectivity index (χ1) is 10.4. The number of esters is 1. The average molecular weight is 311 g/mol. The van der Waals surface area contributed by atoms with E-state index in [0.29, 0.717) is 0 Å². The van der Waals surface area contributed by atoms with Crippen LogP contribution in [0.1, 0.15) is 30.6 Å². The molecule has 1 rings (SSSR count). The van der Waals surface area contributed by atoms with E-state index in [1.165, 1.54) is 25.1 Å². The Morgan fingerprint density at radius 2 is 1.95 bits per heavy atom. The Balaban J connectivity index is 2.77. The number of carboxylic acid groups (broad SMARTS) is 1. The summed E-state index contributed by atoms with van der Waals surface area (Å²) in [5.74, 6) is -4.15. The predicted molar refractivity (Wildman–Crippen MR) is 75.7 cm³/mol. The highest BCUT2D eigenvalue weighted by Crippen LogP contribution is 2.11. The number of halogens is 1. The van der Waals surface area contributed by atoms with Gasteiger partial charge in [-0.05, 0) is 25.5 Å². The Bertz CT molecular complexity index is 561. The summed E-state index contributed by atoms with van der Waals surface area (Å²) in [6.45, 7) is 3.32. The fourth-order valence-electron chi connectivity index (χ4n) is 1.84. The Morgan fingerprint density at radius 3 is 2.50 bits per heavy atom. The molecule has 0 spiro atoms. The van der Waals surface area contributed by atoms with Crippen LogP contribution in [0.5, 0.6) is 0 Å². The van der Waals surface area contributed by atoms with Crippen LogP contribution in [0.2, 0.25) is 0 Å². The molecule has 1 aromatic carbocycles. The lowest BCUT2D eigenvalue weighted by Gasteiger charge is -2.18. The fourth-order valence-corrected chi connectivity index (χ4v) is 1.84. The molecular formula is C15H18FNO5. The number of carboxylic acids is 1. The van der Waals surface area contributed by atoms with E-state index in [0.717, 1.165) is 6.07 Å². The van der Waals surface area contributed by atoms with Crippen LogP contribution in [0.25, 0.3) is 0 Å². The van der Waals surface area contributed by atoms with Crippen molar-refractivity contribution in [1.82, 2.24) is 5.32 Å². The summed E-state index contributed by atoms with van der Waals surface area (Å²) >= 11 is 0. The number of ether oxygens (including phenoxy) is 1. The molecular weight excluding hydrogens is 293 g/mol. The monoisotopic (exact) mass is 311 g/mol. The second kappa shape index (κ2) is 8.11. The lowest BCUT2D eigenvalue weighted by molar-refractivity contribution is -0.148. The van der Waals surface area contributed by atoms with Gasteiger partial charge in [0.2, 0.25) is 0 Å². The lowest BCUT2D eigenvalue weighted by atomic mass is 10.0. The van der Waals surface area contributed by atoms with Gasteiger partial charge in [-0.1, -0.05) is 19.1 Å². The highest BCUT2D eigenvalue weighted by molar-refractivity contribution is 5.96. The standard InChI is InChI=1S/C15H18FNO5/c1-3-22-15(21)9(2)8-12(14(19)20)17-13(18)10-6-4-5-7-11(10)16/h4-7,9,12H,3,8H2,1-2H3,(H,17,18)(H,19,20)/t9-,12+/m1/s1. The molecule has 0 heterocycles. The van der Waals surface area contributed by atoms with Crippen molar-refractivity contribution >= 4 is 17.8 Å². The minimum atomic E-state index is -1.31. The van der Waals surface area contributed by atoms with Crippen molar-refractivity contribution in [3.63, 3.8) is 0 Å². The van der Waals surface area contributed by atoms with E-state index >= 15 is 0 Å². The van der Waals surface area contributed by atoms with E-state index in [4.69, 9.17) is 9.84 Å². The Kier molecular flexibility index (Phi) is 6.49. The minimum Gasteiger partial charge on any atom is -0.480 e. The number of amides is 1.